The topological polar surface area (TPSA) is 36.9 Å². The Labute approximate surface area is 227 Å². The standard InChI is InChI=1S/C32H66O4/c1-4-7-10-13-15-17-19-23-27-33-28-25-21-26-32(36-31-34-29-22-12-9-6-3)35-30-24-20-18-16-14-11-8-5-2/h32H,4-31H2,1-3H3. The van der Waals surface area contributed by atoms with Crippen molar-refractivity contribution in [1.29, 1.82) is 0 Å². The number of ether oxygens (including phenoxy) is 4. The highest BCUT2D eigenvalue weighted by molar-refractivity contribution is 4.51. The number of rotatable bonds is 32. The zero-order valence-corrected chi connectivity index (χ0v) is 25.0. The molecule has 36 heavy (non-hydrogen) atoms. The summed E-state index contributed by atoms with van der Waals surface area (Å²) in [6.07, 6.45) is 29.2. The van der Waals surface area contributed by atoms with E-state index in [0.29, 0.717) is 6.79 Å². The van der Waals surface area contributed by atoms with Crippen LogP contribution < -0.4 is 0 Å². The molecule has 4 heteroatoms. The second-order valence-corrected chi connectivity index (χ2v) is 10.6. The Hall–Kier alpha value is -0.160. The minimum atomic E-state index is -0.141. The number of hydrogen-bond donors (Lipinski definition) is 0. The van der Waals surface area contributed by atoms with E-state index >= 15 is 0 Å². The van der Waals surface area contributed by atoms with Crippen LogP contribution in [0.15, 0.2) is 0 Å². The van der Waals surface area contributed by atoms with E-state index in [1.165, 1.54) is 116 Å². The third kappa shape index (κ3) is 30.1. The fraction of sp³-hybridized carbons (Fsp3) is 1.00. The van der Waals surface area contributed by atoms with Crippen LogP contribution in [0, 0.1) is 0 Å². The van der Waals surface area contributed by atoms with Crippen molar-refractivity contribution in [2.24, 2.45) is 0 Å². The average Bonchev–Trinajstić information content (AvgIpc) is 2.89. The van der Waals surface area contributed by atoms with E-state index < -0.39 is 0 Å². The molecule has 0 spiro atoms. The van der Waals surface area contributed by atoms with Crippen molar-refractivity contribution in [2.45, 2.75) is 175 Å². The van der Waals surface area contributed by atoms with E-state index in [2.05, 4.69) is 20.8 Å². The van der Waals surface area contributed by atoms with Gasteiger partial charge in [-0.2, -0.15) is 0 Å². The third-order valence-electron chi connectivity index (χ3n) is 6.90. The van der Waals surface area contributed by atoms with Crippen LogP contribution in [0.4, 0.5) is 0 Å². The summed E-state index contributed by atoms with van der Waals surface area (Å²) < 4.78 is 23.6. The van der Waals surface area contributed by atoms with Crippen LogP contribution in [0.5, 0.6) is 0 Å². The van der Waals surface area contributed by atoms with Gasteiger partial charge in [-0.05, 0) is 38.5 Å². The van der Waals surface area contributed by atoms with Crippen molar-refractivity contribution in [1.82, 2.24) is 0 Å². The summed E-state index contributed by atoms with van der Waals surface area (Å²) in [5.74, 6) is 0. The van der Waals surface area contributed by atoms with Crippen molar-refractivity contribution in [2.75, 3.05) is 33.2 Å². The van der Waals surface area contributed by atoms with Gasteiger partial charge >= 0.3 is 0 Å². The minimum absolute atomic E-state index is 0.141. The summed E-state index contributed by atoms with van der Waals surface area (Å²) >= 11 is 0. The van der Waals surface area contributed by atoms with E-state index in [1.54, 1.807) is 0 Å². The minimum Gasteiger partial charge on any atom is -0.381 e. The molecule has 1 atom stereocenters. The van der Waals surface area contributed by atoms with Gasteiger partial charge in [0.1, 0.15) is 6.79 Å². The van der Waals surface area contributed by atoms with E-state index in [9.17, 15) is 0 Å². The lowest BCUT2D eigenvalue weighted by Crippen LogP contribution is -2.20. The van der Waals surface area contributed by atoms with Crippen LogP contribution in [0.2, 0.25) is 0 Å². The van der Waals surface area contributed by atoms with Gasteiger partial charge in [0, 0.05) is 26.4 Å². The Balaban J connectivity index is 3.79. The molecule has 1 unspecified atom stereocenters. The maximum Gasteiger partial charge on any atom is 0.160 e. The Kier molecular flexibility index (Phi) is 32.7. The van der Waals surface area contributed by atoms with Crippen LogP contribution in [0.3, 0.4) is 0 Å². The highest BCUT2D eigenvalue weighted by Crippen LogP contribution is 2.12. The maximum atomic E-state index is 6.10. The molecule has 0 rings (SSSR count). The quantitative estimate of drug-likeness (QED) is 0.0660. The Morgan fingerprint density at radius 2 is 0.750 bits per heavy atom. The second-order valence-electron chi connectivity index (χ2n) is 10.6. The number of unbranched alkanes of at least 4 members (excludes halogenated alkanes) is 18. The fourth-order valence-corrected chi connectivity index (χ4v) is 4.43. The summed E-state index contributed by atoms with van der Waals surface area (Å²) in [6.45, 7) is 10.5. The largest absolute Gasteiger partial charge is 0.381 e. The third-order valence-corrected chi connectivity index (χ3v) is 6.90. The molecule has 0 aromatic rings. The van der Waals surface area contributed by atoms with Gasteiger partial charge in [-0.15, -0.1) is 0 Å². The predicted octanol–water partition coefficient (Wildman–Crippen LogP) is 10.4. The number of hydrogen-bond acceptors (Lipinski definition) is 4. The molecule has 218 valence electrons. The van der Waals surface area contributed by atoms with Gasteiger partial charge in [-0.3, -0.25) is 0 Å². The lowest BCUT2D eigenvalue weighted by Gasteiger charge is -2.19. The van der Waals surface area contributed by atoms with Gasteiger partial charge < -0.3 is 18.9 Å². The van der Waals surface area contributed by atoms with Gasteiger partial charge in [-0.1, -0.05) is 130 Å². The SMILES string of the molecule is CCCCCCCCCCOCCCCC(OCCCCCCCCCC)OCOCCCCCC. The molecule has 0 N–H and O–H groups in total. The van der Waals surface area contributed by atoms with Crippen LogP contribution >= 0.6 is 0 Å². The van der Waals surface area contributed by atoms with Crippen LogP contribution in [-0.2, 0) is 18.9 Å². The van der Waals surface area contributed by atoms with E-state index in [4.69, 9.17) is 18.9 Å². The Morgan fingerprint density at radius 3 is 1.28 bits per heavy atom. The van der Waals surface area contributed by atoms with E-state index in [1.807, 2.05) is 0 Å². The monoisotopic (exact) mass is 514 g/mol. The molecule has 0 saturated heterocycles. The highest BCUT2D eigenvalue weighted by Gasteiger charge is 2.09. The molecule has 0 bridgehead atoms. The highest BCUT2D eigenvalue weighted by atomic mass is 16.7. The smallest absolute Gasteiger partial charge is 0.160 e. The summed E-state index contributed by atoms with van der Waals surface area (Å²) in [6, 6.07) is 0. The Morgan fingerprint density at radius 1 is 0.361 bits per heavy atom. The van der Waals surface area contributed by atoms with Crippen molar-refractivity contribution >= 4 is 0 Å². The van der Waals surface area contributed by atoms with E-state index in [-0.39, 0.29) is 6.29 Å². The van der Waals surface area contributed by atoms with Crippen molar-refractivity contribution in [3.63, 3.8) is 0 Å². The molecule has 0 amide bonds. The molecule has 4 nitrogen and oxygen atoms in total. The van der Waals surface area contributed by atoms with Crippen LogP contribution in [-0.4, -0.2) is 39.5 Å². The molecule has 0 fully saturated rings. The zero-order chi connectivity index (χ0) is 26.2. The second kappa shape index (κ2) is 32.9. The molecule has 0 aromatic heterocycles. The van der Waals surface area contributed by atoms with E-state index in [0.717, 1.165) is 58.5 Å². The van der Waals surface area contributed by atoms with Gasteiger partial charge in [0.15, 0.2) is 6.29 Å². The molecule has 0 aliphatic carbocycles. The van der Waals surface area contributed by atoms with Crippen LogP contribution in [0.1, 0.15) is 168 Å². The Bertz CT molecular complexity index is 377. The van der Waals surface area contributed by atoms with Gasteiger partial charge in [0.05, 0.1) is 0 Å². The van der Waals surface area contributed by atoms with Crippen molar-refractivity contribution in [3.8, 4) is 0 Å². The fourth-order valence-electron chi connectivity index (χ4n) is 4.43. The average molecular weight is 515 g/mol. The molecule has 0 aliphatic heterocycles. The molecular weight excluding hydrogens is 448 g/mol. The molecule has 0 radical (unpaired) electrons. The molecule has 0 aromatic carbocycles. The lowest BCUT2D eigenvalue weighted by molar-refractivity contribution is -0.198. The summed E-state index contributed by atoms with van der Waals surface area (Å²) in [4.78, 5) is 0. The normalized spacial score (nSPS) is 12.4. The molecule has 0 heterocycles. The summed E-state index contributed by atoms with van der Waals surface area (Å²) in [5, 5.41) is 0. The molecule has 0 saturated carbocycles. The van der Waals surface area contributed by atoms with Crippen molar-refractivity contribution < 1.29 is 18.9 Å². The zero-order valence-electron chi connectivity index (χ0n) is 25.0. The lowest BCUT2D eigenvalue weighted by atomic mass is 10.1. The maximum absolute atomic E-state index is 6.10. The first-order chi connectivity index (χ1) is 17.8. The summed E-state index contributed by atoms with van der Waals surface area (Å²) in [5.41, 5.74) is 0. The first-order valence-electron chi connectivity index (χ1n) is 16.2. The van der Waals surface area contributed by atoms with Crippen molar-refractivity contribution in [3.05, 3.63) is 0 Å². The molecular formula is C32H66O4. The van der Waals surface area contributed by atoms with Crippen LogP contribution in [0.25, 0.3) is 0 Å². The first kappa shape index (κ1) is 35.8. The first-order valence-corrected chi connectivity index (χ1v) is 16.2. The predicted molar refractivity (Wildman–Crippen MR) is 156 cm³/mol. The molecule has 0 aliphatic rings. The summed E-state index contributed by atoms with van der Waals surface area (Å²) in [7, 11) is 0. The van der Waals surface area contributed by atoms with Gasteiger partial charge in [0.25, 0.3) is 0 Å². The van der Waals surface area contributed by atoms with Gasteiger partial charge in [-0.25, -0.2) is 0 Å². The van der Waals surface area contributed by atoms with Gasteiger partial charge in [0.2, 0.25) is 0 Å².